The van der Waals surface area contributed by atoms with Gasteiger partial charge in [0.1, 0.15) is 0 Å². The fourth-order valence-corrected chi connectivity index (χ4v) is 0.940. The van der Waals surface area contributed by atoms with E-state index in [1.807, 2.05) is 0 Å². The molecule has 2 heterocycles. The summed E-state index contributed by atoms with van der Waals surface area (Å²) in [6, 6.07) is 0. The minimum Gasteiger partial charge on any atom is -0.305 e. The zero-order valence-electron chi connectivity index (χ0n) is 6.86. The van der Waals surface area contributed by atoms with Gasteiger partial charge in [-0.25, -0.2) is 0 Å². The van der Waals surface area contributed by atoms with Gasteiger partial charge in [0, 0.05) is 13.1 Å². The highest BCUT2D eigenvalue weighted by Crippen LogP contribution is 1.90. The van der Waals surface area contributed by atoms with Gasteiger partial charge in [-0.3, -0.25) is 0 Å². The second-order valence-electron chi connectivity index (χ2n) is 2.53. The van der Waals surface area contributed by atoms with Crippen molar-refractivity contribution in [3.05, 3.63) is 23.8 Å². The lowest BCUT2D eigenvalue weighted by Gasteiger charge is -1.96. The Morgan fingerprint density at radius 3 is 1.92 bits per heavy atom. The van der Waals surface area contributed by atoms with Crippen LogP contribution in [0.3, 0.4) is 0 Å². The van der Waals surface area contributed by atoms with E-state index in [0.717, 1.165) is 11.4 Å². The number of aromatic amines is 2. The fourth-order valence-electron chi connectivity index (χ4n) is 0.940. The Kier molecular flexibility index (Phi) is 2.28. The summed E-state index contributed by atoms with van der Waals surface area (Å²) in [6.07, 6.45) is 3.35. The number of H-pyrrole nitrogens is 2. The van der Waals surface area contributed by atoms with Gasteiger partial charge in [-0.2, -0.15) is 30.8 Å². The third-order valence-corrected chi connectivity index (χ3v) is 1.54. The molecule has 0 aliphatic rings. The molecule has 2 rings (SSSR count). The van der Waals surface area contributed by atoms with Crippen molar-refractivity contribution in [2.45, 2.75) is 13.1 Å². The van der Waals surface area contributed by atoms with Gasteiger partial charge in [0.05, 0.1) is 23.8 Å². The summed E-state index contributed by atoms with van der Waals surface area (Å²) in [4.78, 5) is 0. The number of aromatic nitrogens is 6. The molecule has 13 heavy (non-hydrogen) atoms. The predicted molar refractivity (Wildman–Crippen MR) is 43.3 cm³/mol. The molecule has 0 radical (unpaired) electrons. The average Bonchev–Trinajstić information content (AvgIpc) is 2.75. The second kappa shape index (κ2) is 3.76. The van der Waals surface area contributed by atoms with Crippen LogP contribution in [-0.2, 0) is 13.1 Å². The largest absolute Gasteiger partial charge is 0.305 e. The molecule has 0 unspecified atom stereocenters. The van der Waals surface area contributed by atoms with Crippen LogP contribution in [0.1, 0.15) is 11.4 Å². The summed E-state index contributed by atoms with van der Waals surface area (Å²) in [6.45, 7) is 1.34. The molecule has 0 saturated carbocycles. The van der Waals surface area contributed by atoms with Crippen molar-refractivity contribution >= 4 is 0 Å². The third-order valence-electron chi connectivity index (χ3n) is 1.54. The van der Waals surface area contributed by atoms with Gasteiger partial charge in [-0.1, -0.05) is 0 Å². The van der Waals surface area contributed by atoms with E-state index in [2.05, 4.69) is 36.1 Å². The Balaban J connectivity index is 1.76. The van der Waals surface area contributed by atoms with Crippen molar-refractivity contribution in [3.8, 4) is 0 Å². The molecule has 0 fully saturated rings. The van der Waals surface area contributed by atoms with Gasteiger partial charge < -0.3 is 5.32 Å². The molecule has 0 amide bonds. The van der Waals surface area contributed by atoms with Gasteiger partial charge in [-0.05, 0) is 0 Å². The molecule has 0 atom stereocenters. The number of nitrogens with zero attached hydrogens (tertiary/aromatic N) is 4. The Bertz CT molecular complexity index is 290. The maximum atomic E-state index is 3.89. The SMILES string of the molecule is c1n[nH]nc1CNCc1cn[nH]n1. The summed E-state index contributed by atoms with van der Waals surface area (Å²) in [7, 11) is 0. The highest BCUT2D eigenvalue weighted by molar-refractivity contribution is 4.93. The minimum absolute atomic E-state index is 0.670. The van der Waals surface area contributed by atoms with Crippen molar-refractivity contribution in [1.29, 1.82) is 0 Å². The van der Waals surface area contributed by atoms with Crippen LogP contribution in [0.2, 0.25) is 0 Å². The Labute approximate surface area is 73.9 Å². The number of hydrogen-bond donors (Lipinski definition) is 3. The van der Waals surface area contributed by atoms with E-state index in [1.54, 1.807) is 12.4 Å². The zero-order chi connectivity index (χ0) is 8.93. The summed E-state index contributed by atoms with van der Waals surface area (Å²) < 4.78 is 0. The quantitative estimate of drug-likeness (QED) is 0.571. The average molecular weight is 179 g/mol. The maximum absolute atomic E-state index is 3.89. The topological polar surface area (TPSA) is 95.2 Å². The first-order valence-corrected chi connectivity index (χ1v) is 3.85. The normalized spacial score (nSPS) is 10.5. The summed E-state index contributed by atoms with van der Waals surface area (Å²) >= 11 is 0. The molecule has 0 bridgehead atoms. The Hall–Kier alpha value is -1.76. The zero-order valence-corrected chi connectivity index (χ0v) is 6.86. The molecule has 0 aliphatic carbocycles. The van der Waals surface area contributed by atoms with Crippen LogP contribution in [0.25, 0.3) is 0 Å². The van der Waals surface area contributed by atoms with Crippen LogP contribution in [-0.4, -0.2) is 30.8 Å². The van der Waals surface area contributed by atoms with E-state index in [4.69, 9.17) is 0 Å². The van der Waals surface area contributed by atoms with Crippen LogP contribution in [0.4, 0.5) is 0 Å². The number of hydrogen-bond acceptors (Lipinski definition) is 5. The molecule has 2 aromatic heterocycles. The first-order chi connectivity index (χ1) is 6.45. The van der Waals surface area contributed by atoms with E-state index >= 15 is 0 Å². The fraction of sp³-hybridized carbons (Fsp3) is 0.333. The summed E-state index contributed by atoms with van der Waals surface area (Å²) in [5.41, 5.74) is 1.76. The molecule has 0 saturated heterocycles. The van der Waals surface area contributed by atoms with Gasteiger partial charge in [0.2, 0.25) is 0 Å². The summed E-state index contributed by atoms with van der Waals surface area (Å²) in [5.74, 6) is 0. The van der Waals surface area contributed by atoms with Crippen LogP contribution in [0.15, 0.2) is 12.4 Å². The van der Waals surface area contributed by atoms with Gasteiger partial charge in [-0.15, -0.1) is 0 Å². The van der Waals surface area contributed by atoms with Gasteiger partial charge in [0.25, 0.3) is 0 Å². The van der Waals surface area contributed by atoms with Crippen molar-refractivity contribution in [2.75, 3.05) is 0 Å². The van der Waals surface area contributed by atoms with Crippen LogP contribution >= 0.6 is 0 Å². The van der Waals surface area contributed by atoms with E-state index in [9.17, 15) is 0 Å². The van der Waals surface area contributed by atoms with E-state index in [-0.39, 0.29) is 0 Å². The first kappa shape index (κ1) is 7.87. The van der Waals surface area contributed by atoms with Crippen molar-refractivity contribution in [2.24, 2.45) is 0 Å². The molecule has 0 aromatic carbocycles. The Morgan fingerprint density at radius 1 is 1.00 bits per heavy atom. The van der Waals surface area contributed by atoms with E-state index in [0.29, 0.717) is 13.1 Å². The molecule has 3 N–H and O–H groups in total. The minimum atomic E-state index is 0.670. The van der Waals surface area contributed by atoms with Crippen molar-refractivity contribution in [1.82, 2.24) is 36.1 Å². The number of nitrogens with one attached hydrogen (secondary N) is 3. The lowest BCUT2D eigenvalue weighted by molar-refractivity contribution is 0.663. The molecular weight excluding hydrogens is 170 g/mol. The molecule has 7 nitrogen and oxygen atoms in total. The molecule has 0 spiro atoms. The summed E-state index contributed by atoms with van der Waals surface area (Å²) in [5, 5.41) is 23.4. The standard InChI is InChI=1S/C6H9N7/c1(5-3-8-12-10-5)7-2-6-4-9-13-11-6/h3-4,7H,1-2H2,(H,8,10,12)(H,9,11,13). The second-order valence-corrected chi connectivity index (χ2v) is 2.53. The molecule has 68 valence electrons. The third kappa shape index (κ3) is 2.09. The maximum Gasteiger partial charge on any atom is 0.0962 e. The number of rotatable bonds is 4. The molecule has 0 aliphatic heterocycles. The lowest BCUT2D eigenvalue weighted by Crippen LogP contribution is -2.13. The van der Waals surface area contributed by atoms with E-state index in [1.165, 1.54) is 0 Å². The highest BCUT2D eigenvalue weighted by Gasteiger charge is 1.97. The highest BCUT2D eigenvalue weighted by atomic mass is 15.3. The predicted octanol–water partition coefficient (Wildman–Crippen LogP) is -0.787. The van der Waals surface area contributed by atoms with Gasteiger partial charge >= 0.3 is 0 Å². The smallest absolute Gasteiger partial charge is 0.0962 e. The lowest BCUT2D eigenvalue weighted by atomic mass is 10.4. The molecule has 7 heteroatoms. The van der Waals surface area contributed by atoms with Crippen LogP contribution < -0.4 is 5.32 Å². The van der Waals surface area contributed by atoms with Crippen LogP contribution in [0.5, 0.6) is 0 Å². The van der Waals surface area contributed by atoms with Crippen molar-refractivity contribution in [3.63, 3.8) is 0 Å². The Morgan fingerprint density at radius 2 is 1.54 bits per heavy atom. The monoisotopic (exact) mass is 179 g/mol. The molecule has 2 aromatic rings. The van der Waals surface area contributed by atoms with Crippen molar-refractivity contribution < 1.29 is 0 Å². The van der Waals surface area contributed by atoms with E-state index < -0.39 is 0 Å². The first-order valence-electron chi connectivity index (χ1n) is 3.85. The molecular formula is C6H9N7. The van der Waals surface area contributed by atoms with Gasteiger partial charge in [0.15, 0.2) is 0 Å². The van der Waals surface area contributed by atoms with Crippen LogP contribution in [0, 0.1) is 0 Å².